The SMILES string of the molecule is CNCc1cccc(CN(CCOC)C2CC2)c1. The lowest BCUT2D eigenvalue weighted by atomic mass is 10.1. The molecule has 1 aromatic rings. The van der Waals surface area contributed by atoms with Gasteiger partial charge < -0.3 is 10.1 Å². The number of benzene rings is 1. The second kappa shape index (κ2) is 6.88. The average molecular weight is 248 g/mol. The van der Waals surface area contributed by atoms with Gasteiger partial charge in [-0.1, -0.05) is 24.3 Å². The van der Waals surface area contributed by atoms with Crippen molar-refractivity contribution in [3.8, 4) is 0 Å². The molecule has 3 nitrogen and oxygen atoms in total. The third-order valence-corrected chi connectivity index (χ3v) is 3.40. The lowest BCUT2D eigenvalue weighted by Crippen LogP contribution is -2.29. The summed E-state index contributed by atoms with van der Waals surface area (Å²) < 4.78 is 5.20. The van der Waals surface area contributed by atoms with E-state index in [1.807, 2.05) is 7.05 Å². The van der Waals surface area contributed by atoms with E-state index < -0.39 is 0 Å². The third kappa shape index (κ3) is 4.09. The number of methoxy groups -OCH3 is 1. The Bertz CT molecular complexity index is 363. The minimum Gasteiger partial charge on any atom is -0.383 e. The van der Waals surface area contributed by atoms with Crippen LogP contribution in [0.4, 0.5) is 0 Å². The van der Waals surface area contributed by atoms with Crippen LogP contribution in [0.2, 0.25) is 0 Å². The molecular weight excluding hydrogens is 224 g/mol. The Hall–Kier alpha value is -0.900. The molecule has 0 unspecified atom stereocenters. The highest BCUT2D eigenvalue weighted by Crippen LogP contribution is 2.28. The van der Waals surface area contributed by atoms with Gasteiger partial charge in [0.1, 0.15) is 0 Å². The zero-order chi connectivity index (χ0) is 12.8. The molecule has 0 bridgehead atoms. The van der Waals surface area contributed by atoms with E-state index >= 15 is 0 Å². The minimum absolute atomic E-state index is 0.785. The third-order valence-electron chi connectivity index (χ3n) is 3.40. The van der Waals surface area contributed by atoms with Crippen molar-refractivity contribution in [1.29, 1.82) is 0 Å². The molecule has 1 N–H and O–H groups in total. The van der Waals surface area contributed by atoms with Gasteiger partial charge in [0.2, 0.25) is 0 Å². The number of ether oxygens (including phenoxy) is 1. The van der Waals surface area contributed by atoms with Gasteiger partial charge in [-0.2, -0.15) is 0 Å². The Kier molecular flexibility index (Phi) is 5.17. The van der Waals surface area contributed by atoms with Crippen LogP contribution in [0.25, 0.3) is 0 Å². The van der Waals surface area contributed by atoms with Gasteiger partial charge in [0.25, 0.3) is 0 Å². The summed E-state index contributed by atoms with van der Waals surface area (Å²) in [6.45, 7) is 3.85. The second-order valence-corrected chi connectivity index (χ2v) is 5.04. The first-order chi connectivity index (χ1) is 8.83. The van der Waals surface area contributed by atoms with Gasteiger partial charge in [-0.25, -0.2) is 0 Å². The second-order valence-electron chi connectivity index (χ2n) is 5.04. The molecule has 2 rings (SSSR count). The number of hydrogen-bond donors (Lipinski definition) is 1. The van der Waals surface area contributed by atoms with Crippen molar-refractivity contribution < 1.29 is 4.74 Å². The predicted octanol–water partition coefficient (Wildman–Crippen LogP) is 2.02. The molecule has 0 saturated heterocycles. The van der Waals surface area contributed by atoms with Crippen LogP contribution in [0.1, 0.15) is 24.0 Å². The van der Waals surface area contributed by atoms with Crippen LogP contribution in [0.3, 0.4) is 0 Å². The van der Waals surface area contributed by atoms with Crippen LogP contribution in [-0.4, -0.2) is 38.3 Å². The van der Waals surface area contributed by atoms with Crippen molar-refractivity contribution in [1.82, 2.24) is 10.2 Å². The van der Waals surface area contributed by atoms with Crippen LogP contribution in [0.15, 0.2) is 24.3 Å². The van der Waals surface area contributed by atoms with Crippen LogP contribution in [-0.2, 0) is 17.8 Å². The fraction of sp³-hybridized carbons (Fsp3) is 0.600. The Morgan fingerprint density at radius 3 is 2.78 bits per heavy atom. The molecular formula is C15H24N2O. The molecule has 0 heterocycles. The van der Waals surface area contributed by atoms with Crippen LogP contribution < -0.4 is 5.32 Å². The van der Waals surface area contributed by atoms with Crippen molar-refractivity contribution in [2.75, 3.05) is 27.3 Å². The van der Waals surface area contributed by atoms with Crippen molar-refractivity contribution in [2.24, 2.45) is 0 Å². The fourth-order valence-electron chi connectivity index (χ4n) is 2.32. The van der Waals surface area contributed by atoms with E-state index in [1.54, 1.807) is 7.11 Å². The quantitative estimate of drug-likeness (QED) is 0.761. The maximum Gasteiger partial charge on any atom is 0.0589 e. The standard InChI is InChI=1S/C15H24N2O/c1-16-11-13-4-3-5-14(10-13)12-17(8-9-18-2)15-6-7-15/h3-5,10,15-16H,6-9,11-12H2,1-2H3. The van der Waals surface area contributed by atoms with Gasteiger partial charge in [-0.05, 0) is 31.0 Å². The Morgan fingerprint density at radius 1 is 1.33 bits per heavy atom. The Morgan fingerprint density at radius 2 is 2.11 bits per heavy atom. The molecule has 0 atom stereocenters. The normalized spacial score (nSPS) is 15.3. The zero-order valence-corrected chi connectivity index (χ0v) is 11.5. The monoisotopic (exact) mass is 248 g/mol. The van der Waals surface area contributed by atoms with E-state index in [0.29, 0.717) is 0 Å². The van der Waals surface area contributed by atoms with E-state index in [0.717, 1.165) is 32.3 Å². The summed E-state index contributed by atoms with van der Waals surface area (Å²) in [5.74, 6) is 0. The lowest BCUT2D eigenvalue weighted by Gasteiger charge is -2.21. The van der Waals surface area contributed by atoms with E-state index in [2.05, 4.69) is 34.5 Å². The smallest absolute Gasteiger partial charge is 0.0589 e. The molecule has 0 aliphatic heterocycles. The summed E-state index contributed by atoms with van der Waals surface area (Å²) in [4.78, 5) is 2.54. The van der Waals surface area contributed by atoms with Gasteiger partial charge >= 0.3 is 0 Å². The van der Waals surface area contributed by atoms with Gasteiger partial charge in [-0.15, -0.1) is 0 Å². The number of nitrogens with zero attached hydrogens (tertiary/aromatic N) is 1. The topological polar surface area (TPSA) is 24.5 Å². The van der Waals surface area contributed by atoms with Gasteiger partial charge in [0.15, 0.2) is 0 Å². The highest BCUT2D eigenvalue weighted by atomic mass is 16.5. The molecule has 1 saturated carbocycles. The summed E-state index contributed by atoms with van der Waals surface area (Å²) in [5.41, 5.74) is 2.77. The first kappa shape index (κ1) is 13.5. The molecule has 1 aromatic carbocycles. The van der Waals surface area contributed by atoms with E-state index in [-0.39, 0.29) is 0 Å². The predicted molar refractivity (Wildman–Crippen MR) is 74.5 cm³/mol. The molecule has 18 heavy (non-hydrogen) atoms. The highest BCUT2D eigenvalue weighted by Gasteiger charge is 2.28. The summed E-state index contributed by atoms with van der Waals surface area (Å²) in [5, 5.41) is 3.20. The fourth-order valence-corrected chi connectivity index (χ4v) is 2.32. The lowest BCUT2D eigenvalue weighted by molar-refractivity contribution is 0.139. The molecule has 0 spiro atoms. The maximum atomic E-state index is 5.20. The highest BCUT2D eigenvalue weighted by molar-refractivity contribution is 5.23. The molecule has 1 aliphatic rings. The summed E-state index contributed by atoms with van der Waals surface area (Å²) >= 11 is 0. The number of hydrogen-bond acceptors (Lipinski definition) is 3. The van der Waals surface area contributed by atoms with E-state index in [1.165, 1.54) is 24.0 Å². The van der Waals surface area contributed by atoms with Crippen molar-refractivity contribution in [3.63, 3.8) is 0 Å². The van der Waals surface area contributed by atoms with Crippen LogP contribution in [0, 0.1) is 0 Å². The minimum atomic E-state index is 0.785. The molecule has 3 heteroatoms. The molecule has 0 aromatic heterocycles. The molecule has 100 valence electrons. The van der Waals surface area contributed by atoms with Gasteiger partial charge in [-0.3, -0.25) is 4.90 Å². The summed E-state index contributed by atoms with van der Waals surface area (Å²) in [6.07, 6.45) is 2.69. The average Bonchev–Trinajstić information content (AvgIpc) is 3.19. The Labute approximate surface area is 110 Å². The largest absolute Gasteiger partial charge is 0.383 e. The Balaban J connectivity index is 1.94. The number of nitrogens with one attached hydrogen (secondary N) is 1. The van der Waals surface area contributed by atoms with Gasteiger partial charge in [0.05, 0.1) is 6.61 Å². The first-order valence-electron chi connectivity index (χ1n) is 6.79. The van der Waals surface area contributed by atoms with Gasteiger partial charge in [0, 0.05) is 32.8 Å². The van der Waals surface area contributed by atoms with Crippen LogP contribution in [0.5, 0.6) is 0 Å². The molecule has 1 aliphatic carbocycles. The summed E-state index contributed by atoms with van der Waals surface area (Å²) in [7, 11) is 3.76. The first-order valence-corrected chi connectivity index (χ1v) is 6.79. The van der Waals surface area contributed by atoms with E-state index in [9.17, 15) is 0 Å². The zero-order valence-electron chi connectivity index (χ0n) is 11.5. The molecule has 0 radical (unpaired) electrons. The van der Waals surface area contributed by atoms with Crippen LogP contribution >= 0.6 is 0 Å². The van der Waals surface area contributed by atoms with Crippen molar-refractivity contribution >= 4 is 0 Å². The molecule has 0 amide bonds. The molecule has 1 fully saturated rings. The number of rotatable bonds is 8. The maximum absolute atomic E-state index is 5.20. The summed E-state index contributed by atoms with van der Waals surface area (Å²) in [6, 6.07) is 9.65. The van der Waals surface area contributed by atoms with Crippen molar-refractivity contribution in [2.45, 2.75) is 32.0 Å². The van der Waals surface area contributed by atoms with Crippen molar-refractivity contribution in [3.05, 3.63) is 35.4 Å². The van der Waals surface area contributed by atoms with E-state index in [4.69, 9.17) is 4.74 Å².